The van der Waals surface area contributed by atoms with Crippen LogP contribution in [0.15, 0.2) is 53.3 Å². The highest BCUT2D eigenvalue weighted by Crippen LogP contribution is 2.20. The first-order valence-corrected chi connectivity index (χ1v) is 11.6. The number of carbonyl (C=O) groups is 2. The number of benzene rings is 2. The SMILES string of the molecule is Cc1cccc(-n2nc(Nc3ccc(CNC4CCCCN(OC(=O)C(F)(F)F)C4=O)cc3)[nH]c2=O)c1. The van der Waals surface area contributed by atoms with Crippen molar-refractivity contribution in [1.29, 1.82) is 0 Å². The van der Waals surface area contributed by atoms with Crippen molar-refractivity contribution < 1.29 is 27.6 Å². The lowest BCUT2D eigenvalue weighted by Crippen LogP contribution is -2.47. The van der Waals surface area contributed by atoms with Gasteiger partial charge in [-0.25, -0.2) is 9.59 Å². The summed E-state index contributed by atoms with van der Waals surface area (Å²) in [5.74, 6) is -2.88. The molecule has 0 saturated carbocycles. The Morgan fingerprint density at radius 2 is 1.92 bits per heavy atom. The second-order valence-electron chi connectivity index (χ2n) is 8.60. The van der Waals surface area contributed by atoms with Crippen molar-refractivity contribution in [3.8, 4) is 5.69 Å². The van der Waals surface area contributed by atoms with Gasteiger partial charge in [0.05, 0.1) is 18.3 Å². The van der Waals surface area contributed by atoms with Gasteiger partial charge in [0.25, 0.3) is 5.91 Å². The van der Waals surface area contributed by atoms with E-state index in [-0.39, 0.29) is 19.0 Å². The fourth-order valence-corrected chi connectivity index (χ4v) is 3.84. The fraction of sp³-hybridized carbons (Fsp3) is 0.333. The molecule has 2 aromatic carbocycles. The zero-order chi connectivity index (χ0) is 26.6. The van der Waals surface area contributed by atoms with Crippen molar-refractivity contribution in [3.05, 3.63) is 70.1 Å². The van der Waals surface area contributed by atoms with Gasteiger partial charge >= 0.3 is 17.8 Å². The average Bonchev–Trinajstić information content (AvgIpc) is 3.12. The van der Waals surface area contributed by atoms with Gasteiger partial charge in [-0.1, -0.05) is 24.3 Å². The quantitative estimate of drug-likeness (QED) is 0.440. The maximum Gasteiger partial charge on any atom is 0.493 e. The van der Waals surface area contributed by atoms with Crippen molar-refractivity contribution in [2.75, 3.05) is 11.9 Å². The number of nitrogens with one attached hydrogen (secondary N) is 3. The molecular weight excluding hydrogens is 493 g/mol. The van der Waals surface area contributed by atoms with Gasteiger partial charge in [0.2, 0.25) is 5.95 Å². The van der Waals surface area contributed by atoms with Crippen LogP contribution >= 0.6 is 0 Å². The van der Waals surface area contributed by atoms with E-state index >= 15 is 0 Å². The number of anilines is 2. The van der Waals surface area contributed by atoms with E-state index in [0.717, 1.165) is 11.1 Å². The van der Waals surface area contributed by atoms with E-state index < -0.39 is 29.8 Å². The van der Waals surface area contributed by atoms with Crippen LogP contribution in [0.3, 0.4) is 0 Å². The predicted molar refractivity (Wildman–Crippen MR) is 127 cm³/mol. The number of hydrogen-bond acceptors (Lipinski definition) is 7. The normalized spacial score (nSPS) is 16.4. The van der Waals surface area contributed by atoms with E-state index in [1.165, 1.54) is 4.68 Å². The molecule has 1 atom stereocenters. The third-order valence-corrected chi connectivity index (χ3v) is 5.71. The smallest absolute Gasteiger partial charge is 0.330 e. The first-order chi connectivity index (χ1) is 17.6. The molecule has 1 saturated heterocycles. The highest BCUT2D eigenvalue weighted by Gasteiger charge is 2.44. The summed E-state index contributed by atoms with van der Waals surface area (Å²) in [5.41, 5.74) is 2.70. The zero-order valence-electron chi connectivity index (χ0n) is 19.8. The Kier molecular flexibility index (Phi) is 7.62. The summed E-state index contributed by atoms with van der Waals surface area (Å²) in [7, 11) is 0. The third-order valence-electron chi connectivity index (χ3n) is 5.71. The molecule has 0 aliphatic carbocycles. The number of aryl methyl sites for hydroxylation is 1. The van der Waals surface area contributed by atoms with Crippen LogP contribution in [0.25, 0.3) is 5.69 Å². The zero-order valence-corrected chi connectivity index (χ0v) is 19.8. The van der Waals surface area contributed by atoms with Gasteiger partial charge in [-0.3, -0.25) is 9.78 Å². The molecule has 0 spiro atoms. The van der Waals surface area contributed by atoms with E-state index in [1.807, 2.05) is 25.1 Å². The van der Waals surface area contributed by atoms with E-state index in [9.17, 15) is 27.6 Å². The van der Waals surface area contributed by atoms with E-state index in [1.54, 1.807) is 30.3 Å². The molecule has 1 aromatic heterocycles. The maximum atomic E-state index is 12.6. The van der Waals surface area contributed by atoms with Gasteiger partial charge in [0.1, 0.15) is 0 Å². The number of nitrogens with zero attached hydrogens (tertiary/aromatic N) is 3. The van der Waals surface area contributed by atoms with Crippen molar-refractivity contribution in [2.45, 2.75) is 44.9 Å². The molecule has 196 valence electrons. The lowest BCUT2D eigenvalue weighted by molar-refractivity contribution is -0.237. The largest absolute Gasteiger partial charge is 0.493 e. The molecule has 1 fully saturated rings. The Bertz CT molecular complexity index is 1320. The highest BCUT2D eigenvalue weighted by molar-refractivity contribution is 5.84. The molecule has 13 heteroatoms. The summed E-state index contributed by atoms with van der Waals surface area (Å²) in [6, 6.07) is 13.7. The summed E-state index contributed by atoms with van der Waals surface area (Å²) in [5, 5.41) is 10.8. The minimum atomic E-state index is -5.18. The fourth-order valence-electron chi connectivity index (χ4n) is 3.84. The molecule has 10 nitrogen and oxygen atoms in total. The highest BCUT2D eigenvalue weighted by atomic mass is 19.4. The molecule has 1 aliphatic rings. The molecule has 3 N–H and O–H groups in total. The molecule has 0 bridgehead atoms. The molecule has 37 heavy (non-hydrogen) atoms. The summed E-state index contributed by atoms with van der Waals surface area (Å²) in [4.78, 5) is 43.0. The van der Waals surface area contributed by atoms with E-state index in [4.69, 9.17) is 0 Å². The average molecular weight is 518 g/mol. The molecular formula is C24H25F3N6O4. The summed E-state index contributed by atoms with van der Waals surface area (Å²) < 4.78 is 38.8. The van der Waals surface area contributed by atoms with Crippen LogP contribution in [0.5, 0.6) is 0 Å². The number of rotatable bonds is 7. The maximum absolute atomic E-state index is 12.6. The van der Waals surface area contributed by atoms with Gasteiger partial charge in [-0.05, 0) is 61.6 Å². The van der Waals surface area contributed by atoms with Crippen LogP contribution in [0, 0.1) is 6.92 Å². The van der Waals surface area contributed by atoms with Gasteiger partial charge < -0.3 is 15.5 Å². The van der Waals surface area contributed by atoms with Crippen LogP contribution < -0.4 is 16.3 Å². The van der Waals surface area contributed by atoms with Crippen LogP contribution in [0.2, 0.25) is 0 Å². The summed E-state index contributed by atoms with van der Waals surface area (Å²) in [6.45, 7) is 2.08. The molecule has 1 amide bonds. The number of hydroxylamine groups is 2. The monoisotopic (exact) mass is 518 g/mol. The number of alkyl halides is 3. The van der Waals surface area contributed by atoms with Crippen LogP contribution in [-0.2, 0) is 21.0 Å². The molecule has 2 heterocycles. The molecule has 4 rings (SSSR count). The summed E-state index contributed by atoms with van der Waals surface area (Å²) >= 11 is 0. The number of halogens is 3. The minimum Gasteiger partial charge on any atom is -0.330 e. The van der Waals surface area contributed by atoms with Crippen molar-refractivity contribution in [2.24, 2.45) is 0 Å². The Morgan fingerprint density at radius 1 is 1.16 bits per heavy atom. The van der Waals surface area contributed by atoms with E-state index in [2.05, 4.69) is 25.6 Å². The van der Waals surface area contributed by atoms with Gasteiger partial charge in [-0.15, -0.1) is 5.10 Å². The van der Waals surface area contributed by atoms with Gasteiger partial charge in [0, 0.05) is 12.2 Å². The number of aromatic nitrogens is 3. The lowest BCUT2D eigenvalue weighted by atomic mass is 10.1. The Labute approximate surface area is 209 Å². The molecule has 1 unspecified atom stereocenters. The first kappa shape index (κ1) is 25.9. The number of carbonyl (C=O) groups excluding carboxylic acids is 2. The number of H-pyrrole nitrogens is 1. The van der Waals surface area contributed by atoms with Crippen LogP contribution in [0.1, 0.15) is 30.4 Å². The van der Waals surface area contributed by atoms with Crippen molar-refractivity contribution >= 4 is 23.5 Å². The van der Waals surface area contributed by atoms with Crippen molar-refractivity contribution in [1.82, 2.24) is 25.1 Å². The summed E-state index contributed by atoms with van der Waals surface area (Å²) in [6.07, 6.45) is -3.79. The third kappa shape index (κ3) is 6.55. The second-order valence-corrected chi connectivity index (χ2v) is 8.60. The van der Waals surface area contributed by atoms with Crippen molar-refractivity contribution in [3.63, 3.8) is 0 Å². The predicted octanol–water partition coefficient (Wildman–Crippen LogP) is 3.10. The Morgan fingerprint density at radius 3 is 2.62 bits per heavy atom. The second kappa shape index (κ2) is 10.9. The van der Waals surface area contributed by atoms with Gasteiger partial charge in [-0.2, -0.15) is 22.9 Å². The molecule has 0 radical (unpaired) electrons. The standard InChI is InChI=1S/C24H25F3N6O4/c1-15-5-4-6-18(13-15)33-23(36)30-22(31-33)29-17-10-8-16(9-11-17)14-28-19-7-2-3-12-32(20(19)34)37-21(35)24(25,26)27/h4-6,8-11,13,19,28H,2-3,7,12,14H2,1H3,(H2,29,30,31,36). The van der Waals surface area contributed by atoms with Crippen LogP contribution in [0.4, 0.5) is 24.8 Å². The van der Waals surface area contributed by atoms with Crippen LogP contribution in [-0.4, -0.2) is 50.5 Å². The number of hydrogen-bond donors (Lipinski definition) is 3. The van der Waals surface area contributed by atoms with Gasteiger partial charge in [0.15, 0.2) is 0 Å². The minimum absolute atomic E-state index is 0.0963. The first-order valence-electron chi connectivity index (χ1n) is 11.6. The molecule has 3 aromatic rings. The number of aromatic amines is 1. The lowest BCUT2D eigenvalue weighted by Gasteiger charge is -2.23. The Hall–Kier alpha value is -4.13. The topological polar surface area (TPSA) is 121 Å². The molecule has 1 aliphatic heterocycles. The Balaban J connectivity index is 1.35. The number of amides is 1. The van der Waals surface area contributed by atoms with E-state index in [0.29, 0.717) is 35.7 Å².